The van der Waals surface area contributed by atoms with Gasteiger partial charge in [0.05, 0.1) is 12.8 Å². The molecule has 1 rings (SSSR count). The van der Waals surface area contributed by atoms with E-state index in [-0.39, 0.29) is 0 Å². The molecule has 0 amide bonds. The van der Waals surface area contributed by atoms with Gasteiger partial charge < -0.3 is 10.1 Å². The van der Waals surface area contributed by atoms with Gasteiger partial charge in [-0.3, -0.25) is 4.98 Å². The van der Waals surface area contributed by atoms with Crippen molar-refractivity contribution in [2.24, 2.45) is 5.92 Å². The van der Waals surface area contributed by atoms with Crippen LogP contribution in [-0.2, 0) is 6.54 Å². The molecular formula is C13H21ClN2O. The van der Waals surface area contributed by atoms with Crippen LogP contribution in [-0.4, -0.2) is 24.5 Å². The molecule has 1 unspecified atom stereocenters. The molecule has 17 heavy (non-hydrogen) atoms. The molecule has 3 nitrogen and oxygen atoms in total. The second kappa shape index (κ2) is 6.82. The summed E-state index contributed by atoms with van der Waals surface area (Å²) in [4.78, 5) is 4.43. The molecule has 0 fully saturated rings. The molecule has 1 aromatic rings. The van der Waals surface area contributed by atoms with Crippen LogP contribution in [0.1, 0.15) is 23.7 Å². The summed E-state index contributed by atoms with van der Waals surface area (Å²) in [5.41, 5.74) is 3.22. The molecule has 0 saturated carbocycles. The first-order chi connectivity index (χ1) is 8.10. The van der Waals surface area contributed by atoms with Crippen LogP contribution >= 0.6 is 11.6 Å². The number of pyridine rings is 1. The zero-order valence-electron chi connectivity index (χ0n) is 11.0. The van der Waals surface area contributed by atoms with Crippen LogP contribution in [0.5, 0.6) is 5.75 Å². The Morgan fingerprint density at radius 1 is 1.47 bits per heavy atom. The van der Waals surface area contributed by atoms with Crippen molar-refractivity contribution in [1.29, 1.82) is 0 Å². The number of halogens is 1. The third-order valence-corrected chi connectivity index (χ3v) is 3.33. The number of nitrogens with one attached hydrogen (secondary N) is 1. The Kier molecular flexibility index (Phi) is 5.72. The lowest BCUT2D eigenvalue weighted by Crippen LogP contribution is -2.22. The van der Waals surface area contributed by atoms with Gasteiger partial charge in [0.2, 0.25) is 0 Å². The van der Waals surface area contributed by atoms with Gasteiger partial charge in [0, 0.05) is 29.7 Å². The van der Waals surface area contributed by atoms with Gasteiger partial charge in [-0.25, -0.2) is 0 Å². The maximum absolute atomic E-state index is 5.76. The largest absolute Gasteiger partial charge is 0.496 e. The fraction of sp³-hybridized carbons (Fsp3) is 0.615. The lowest BCUT2D eigenvalue weighted by Gasteiger charge is -2.14. The van der Waals surface area contributed by atoms with Crippen molar-refractivity contribution < 1.29 is 4.74 Å². The first-order valence-corrected chi connectivity index (χ1v) is 6.39. The summed E-state index contributed by atoms with van der Waals surface area (Å²) >= 11 is 5.76. The normalized spacial score (nSPS) is 12.5. The van der Waals surface area contributed by atoms with E-state index in [0.717, 1.165) is 35.7 Å². The molecule has 1 atom stereocenters. The van der Waals surface area contributed by atoms with Crippen LogP contribution in [0.15, 0.2) is 6.20 Å². The molecule has 1 heterocycles. The summed E-state index contributed by atoms with van der Waals surface area (Å²) in [5.74, 6) is 2.09. The monoisotopic (exact) mass is 256 g/mol. The maximum atomic E-state index is 5.76. The average Bonchev–Trinajstić information content (AvgIpc) is 2.32. The van der Waals surface area contributed by atoms with Crippen molar-refractivity contribution in [2.75, 3.05) is 19.5 Å². The summed E-state index contributed by atoms with van der Waals surface area (Å²) in [6.45, 7) is 7.83. The SMILES string of the molecule is COc1c(C)cnc(CNCC(C)CCl)c1C. The second-order valence-electron chi connectivity index (χ2n) is 4.44. The summed E-state index contributed by atoms with van der Waals surface area (Å²) in [7, 11) is 1.70. The zero-order chi connectivity index (χ0) is 12.8. The minimum atomic E-state index is 0.476. The Labute approximate surface area is 109 Å². The van der Waals surface area contributed by atoms with Gasteiger partial charge in [0.15, 0.2) is 0 Å². The molecule has 0 saturated heterocycles. The van der Waals surface area contributed by atoms with E-state index >= 15 is 0 Å². The first kappa shape index (κ1) is 14.3. The van der Waals surface area contributed by atoms with Crippen LogP contribution in [0.2, 0.25) is 0 Å². The van der Waals surface area contributed by atoms with Gasteiger partial charge in [-0.15, -0.1) is 11.6 Å². The Hall–Kier alpha value is -0.800. The fourth-order valence-corrected chi connectivity index (χ4v) is 1.85. The van der Waals surface area contributed by atoms with Gasteiger partial charge in [-0.2, -0.15) is 0 Å². The molecular weight excluding hydrogens is 236 g/mol. The van der Waals surface area contributed by atoms with Gasteiger partial charge in [-0.05, 0) is 26.3 Å². The van der Waals surface area contributed by atoms with E-state index in [9.17, 15) is 0 Å². The molecule has 1 aromatic heterocycles. The van der Waals surface area contributed by atoms with E-state index in [1.54, 1.807) is 7.11 Å². The van der Waals surface area contributed by atoms with E-state index in [1.807, 2.05) is 20.0 Å². The third kappa shape index (κ3) is 3.86. The second-order valence-corrected chi connectivity index (χ2v) is 4.75. The fourth-order valence-electron chi connectivity index (χ4n) is 1.74. The smallest absolute Gasteiger partial charge is 0.128 e. The maximum Gasteiger partial charge on any atom is 0.128 e. The topological polar surface area (TPSA) is 34.1 Å². The van der Waals surface area contributed by atoms with E-state index in [1.165, 1.54) is 0 Å². The van der Waals surface area contributed by atoms with Crippen molar-refractivity contribution in [1.82, 2.24) is 10.3 Å². The highest BCUT2D eigenvalue weighted by molar-refractivity contribution is 6.18. The molecule has 0 aromatic carbocycles. The summed E-state index contributed by atoms with van der Waals surface area (Å²) in [5, 5.41) is 3.36. The molecule has 0 aliphatic heterocycles. The average molecular weight is 257 g/mol. The number of hydrogen-bond donors (Lipinski definition) is 1. The molecule has 96 valence electrons. The third-order valence-electron chi connectivity index (χ3n) is 2.80. The van der Waals surface area contributed by atoms with Crippen molar-refractivity contribution in [3.05, 3.63) is 23.0 Å². The van der Waals surface area contributed by atoms with E-state index < -0.39 is 0 Å². The van der Waals surface area contributed by atoms with Gasteiger partial charge >= 0.3 is 0 Å². The highest BCUT2D eigenvalue weighted by Crippen LogP contribution is 2.23. The number of nitrogens with zero attached hydrogens (tertiary/aromatic N) is 1. The molecule has 1 N–H and O–H groups in total. The molecule has 4 heteroatoms. The molecule has 0 aliphatic carbocycles. The number of aryl methyl sites for hydroxylation is 1. The minimum absolute atomic E-state index is 0.476. The number of methoxy groups -OCH3 is 1. The number of rotatable bonds is 6. The van der Waals surface area contributed by atoms with E-state index in [2.05, 4.69) is 17.2 Å². The van der Waals surface area contributed by atoms with Crippen LogP contribution in [0.3, 0.4) is 0 Å². The van der Waals surface area contributed by atoms with Gasteiger partial charge in [-0.1, -0.05) is 6.92 Å². The molecule has 0 bridgehead atoms. The number of hydrogen-bond acceptors (Lipinski definition) is 3. The van der Waals surface area contributed by atoms with Crippen LogP contribution in [0.4, 0.5) is 0 Å². The molecule has 0 spiro atoms. The quantitative estimate of drug-likeness (QED) is 0.795. The molecule has 0 aliphatic rings. The summed E-state index contributed by atoms with van der Waals surface area (Å²) < 4.78 is 5.38. The lowest BCUT2D eigenvalue weighted by atomic mass is 10.1. The van der Waals surface area contributed by atoms with Crippen molar-refractivity contribution >= 4 is 11.6 Å². The number of aromatic nitrogens is 1. The van der Waals surface area contributed by atoms with Crippen molar-refractivity contribution in [3.63, 3.8) is 0 Å². The Bertz CT molecular complexity index is 369. The Balaban J connectivity index is 2.66. The van der Waals surface area contributed by atoms with E-state index in [4.69, 9.17) is 16.3 Å². The Morgan fingerprint density at radius 2 is 2.18 bits per heavy atom. The van der Waals surface area contributed by atoms with Crippen LogP contribution in [0.25, 0.3) is 0 Å². The number of alkyl halides is 1. The highest BCUT2D eigenvalue weighted by atomic mass is 35.5. The van der Waals surface area contributed by atoms with Crippen LogP contribution < -0.4 is 10.1 Å². The van der Waals surface area contributed by atoms with Gasteiger partial charge in [0.1, 0.15) is 5.75 Å². The number of ether oxygens (including phenoxy) is 1. The predicted molar refractivity (Wildman–Crippen MR) is 71.9 cm³/mol. The summed E-state index contributed by atoms with van der Waals surface area (Å²) in [6, 6.07) is 0. The predicted octanol–water partition coefficient (Wildman–Crippen LogP) is 2.67. The zero-order valence-corrected chi connectivity index (χ0v) is 11.8. The van der Waals surface area contributed by atoms with Crippen molar-refractivity contribution in [3.8, 4) is 5.75 Å². The van der Waals surface area contributed by atoms with E-state index in [0.29, 0.717) is 11.8 Å². The van der Waals surface area contributed by atoms with Gasteiger partial charge in [0.25, 0.3) is 0 Å². The molecule has 0 radical (unpaired) electrons. The highest BCUT2D eigenvalue weighted by Gasteiger charge is 2.09. The van der Waals surface area contributed by atoms with Crippen molar-refractivity contribution in [2.45, 2.75) is 27.3 Å². The minimum Gasteiger partial charge on any atom is -0.496 e. The first-order valence-electron chi connectivity index (χ1n) is 5.85. The Morgan fingerprint density at radius 3 is 2.76 bits per heavy atom. The lowest BCUT2D eigenvalue weighted by molar-refractivity contribution is 0.406. The van der Waals surface area contributed by atoms with Crippen LogP contribution in [0, 0.1) is 19.8 Å². The standard InChI is InChI=1S/C13H21ClN2O/c1-9(5-14)6-15-8-12-11(3)13(17-4)10(2)7-16-12/h7,9,15H,5-6,8H2,1-4H3. The summed E-state index contributed by atoms with van der Waals surface area (Å²) in [6.07, 6.45) is 1.85.